The highest BCUT2D eigenvalue weighted by molar-refractivity contribution is 5.85. The van der Waals surface area contributed by atoms with Crippen LogP contribution in [0.4, 0.5) is 0 Å². The molecule has 4 fully saturated rings. The van der Waals surface area contributed by atoms with Crippen molar-refractivity contribution in [2.24, 2.45) is 17.8 Å². The van der Waals surface area contributed by atoms with E-state index in [2.05, 4.69) is 61.5 Å². The number of carbonyl (C=O) groups is 1. The minimum atomic E-state index is -0.928. The van der Waals surface area contributed by atoms with Crippen LogP contribution in [0.25, 0.3) is 17.2 Å². The number of hydrogen-bond acceptors (Lipinski definition) is 2. The largest absolute Gasteiger partial charge is 0.489 e. The van der Waals surface area contributed by atoms with E-state index in [1.807, 2.05) is 12.1 Å². The van der Waals surface area contributed by atoms with Gasteiger partial charge in [0.1, 0.15) is 12.4 Å². The molecule has 3 aromatic rings. The summed E-state index contributed by atoms with van der Waals surface area (Å²) in [6.45, 7) is 2.70. The highest BCUT2D eigenvalue weighted by Crippen LogP contribution is 2.62. The molecule has 0 heterocycles. The number of hydrogen-bond donors (Lipinski definition) is 1. The Morgan fingerprint density at radius 3 is 2.28 bits per heavy atom. The molecule has 3 heteroatoms. The van der Waals surface area contributed by atoms with Crippen molar-refractivity contribution in [3.05, 3.63) is 95.1 Å². The first-order chi connectivity index (χ1) is 17.5. The van der Waals surface area contributed by atoms with Gasteiger partial charge in [-0.3, -0.25) is 0 Å². The molecule has 0 spiro atoms. The summed E-state index contributed by atoms with van der Waals surface area (Å²) >= 11 is 0. The molecule has 3 nitrogen and oxygen atoms in total. The molecule has 36 heavy (non-hydrogen) atoms. The van der Waals surface area contributed by atoms with Crippen LogP contribution in [0.3, 0.4) is 0 Å². The van der Waals surface area contributed by atoms with E-state index in [0.717, 1.165) is 34.6 Å². The van der Waals surface area contributed by atoms with Gasteiger partial charge in [-0.1, -0.05) is 54.6 Å². The average Bonchev–Trinajstić information content (AvgIpc) is 2.86. The van der Waals surface area contributed by atoms with Crippen LogP contribution in [-0.4, -0.2) is 11.1 Å². The van der Waals surface area contributed by atoms with Crippen LogP contribution in [0.15, 0.2) is 72.8 Å². The van der Waals surface area contributed by atoms with Crippen LogP contribution in [-0.2, 0) is 16.8 Å². The lowest BCUT2D eigenvalue weighted by Crippen LogP contribution is -2.48. The fourth-order valence-corrected chi connectivity index (χ4v) is 7.70. The zero-order chi connectivity index (χ0) is 24.7. The summed E-state index contributed by atoms with van der Waals surface area (Å²) in [5.41, 5.74) is 7.31. The first kappa shape index (κ1) is 23.1. The number of benzene rings is 3. The lowest BCUT2D eigenvalue weighted by Gasteiger charge is -2.57. The van der Waals surface area contributed by atoms with E-state index in [9.17, 15) is 4.79 Å². The van der Waals surface area contributed by atoms with Crippen LogP contribution >= 0.6 is 0 Å². The third-order valence-corrected chi connectivity index (χ3v) is 8.81. The van der Waals surface area contributed by atoms with E-state index in [-0.39, 0.29) is 5.41 Å². The molecule has 1 N–H and O–H groups in total. The molecule has 0 atom stereocenters. The monoisotopic (exact) mass is 478 g/mol. The summed E-state index contributed by atoms with van der Waals surface area (Å²) in [7, 11) is 0. The molecule has 0 radical (unpaired) electrons. The number of rotatable bonds is 7. The second-order valence-electron chi connectivity index (χ2n) is 11.4. The Labute approximate surface area is 213 Å². The van der Waals surface area contributed by atoms with Gasteiger partial charge in [0.15, 0.2) is 0 Å². The number of aliphatic carboxylic acids is 1. The first-order valence-corrected chi connectivity index (χ1v) is 13.3. The minimum Gasteiger partial charge on any atom is -0.489 e. The van der Waals surface area contributed by atoms with Gasteiger partial charge in [-0.05, 0) is 115 Å². The number of carboxylic acid groups (broad SMARTS) is 1. The van der Waals surface area contributed by atoms with Gasteiger partial charge >= 0.3 is 5.97 Å². The van der Waals surface area contributed by atoms with E-state index in [0.29, 0.717) is 6.61 Å². The van der Waals surface area contributed by atoms with Crippen molar-refractivity contribution < 1.29 is 14.6 Å². The molecule has 3 aromatic carbocycles. The Morgan fingerprint density at radius 2 is 1.64 bits per heavy atom. The van der Waals surface area contributed by atoms with Gasteiger partial charge in [-0.2, -0.15) is 0 Å². The molecular formula is C33H34O3. The maximum absolute atomic E-state index is 10.9. The van der Waals surface area contributed by atoms with Gasteiger partial charge in [-0.25, -0.2) is 4.79 Å². The smallest absolute Gasteiger partial charge is 0.328 e. The Morgan fingerprint density at radius 1 is 0.944 bits per heavy atom. The maximum atomic E-state index is 10.9. The van der Waals surface area contributed by atoms with E-state index in [4.69, 9.17) is 9.84 Å². The lowest BCUT2D eigenvalue weighted by atomic mass is 9.48. The number of ether oxygens (including phenoxy) is 1. The summed E-state index contributed by atoms with van der Waals surface area (Å²) in [6.07, 6.45) is 11.0. The normalized spacial score (nSPS) is 26.4. The molecule has 0 saturated heterocycles. The van der Waals surface area contributed by atoms with Crippen molar-refractivity contribution in [2.45, 2.75) is 57.5 Å². The van der Waals surface area contributed by atoms with Crippen LogP contribution in [0, 0.1) is 24.7 Å². The molecule has 184 valence electrons. The van der Waals surface area contributed by atoms with Crippen LogP contribution < -0.4 is 4.74 Å². The van der Waals surface area contributed by atoms with Gasteiger partial charge in [0.05, 0.1) is 0 Å². The number of aryl methyl sites for hydroxylation is 1. The van der Waals surface area contributed by atoms with E-state index >= 15 is 0 Å². The summed E-state index contributed by atoms with van der Waals surface area (Å²) in [6, 6.07) is 23.5. The van der Waals surface area contributed by atoms with Gasteiger partial charge < -0.3 is 9.84 Å². The zero-order valence-electron chi connectivity index (χ0n) is 21.0. The SMILES string of the molecule is Cc1cc(/C=C/C(=O)O)ccc1-c1ccc(OCc2ccccc2)c(C23CC4CC(CC(C4)C2)C3)c1. The molecular weight excluding hydrogens is 444 g/mol. The molecule has 7 rings (SSSR count). The second-order valence-corrected chi connectivity index (χ2v) is 11.4. The minimum absolute atomic E-state index is 0.231. The van der Waals surface area contributed by atoms with E-state index < -0.39 is 5.97 Å². The quantitative estimate of drug-likeness (QED) is 0.352. The Balaban J connectivity index is 1.38. The van der Waals surface area contributed by atoms with Crippen molar-refractivity contribution in [1.29, 1.82) is 0 Å². The Hall–Kier alpha value is -3.33. The van der Waals surface area contributed by atoms with Crippen molar-refractivity contribution in [3.63, 3.8) is 0 Å². The summed E-state index contributed by atoms with van der Waals surface area (Å²) in [5.74, 6) is 2.71. The average molecular weight is 479 g/mol. The topological polar surface area (TPSA) is 46.5 Å². The van der Waals surface area contributed by atoms with E-state index in [1.54, 1.807) is 6.08 Å². The highest BCUT2D eigenvalue weighted by Gasteiger charge is 2.52. The maximum Gasteiger partial charge on any atom is 0.328 e. The van der Waals surface area contributed by atoms with Crippen LogP contribution in [0.2, 0.25) is 0 Å². The first-order valence-electron chi connectivity index (χ1n) is 13.3. The van der Waals surface area contributed by atoms with Gasteiger partial charge in [0, 0.05) is 11.6 Å². The highest BCUT2D eigenvalue weighted by atomic mass is 16.5. The van der Waals surface area contributed by atoms with Crippen molar-refractivity contribution >= 4 is 12.0 Å². The van der Waals surface area contributed by atoms with Gasteiger partial charge in [0.2, 0.25) is 0 Å². The molecule has 0 aliphatic heterocycles. The summed E-state index contributed by atoms with van der Waals surface area (Å²) < 4.78 is 6.54. The molecule has 4 saturated carbocycles. The molecule has 0 aromatic heterocycles. The molecule has 4 aliphatic rings. The van der Waals surface area contributed by atoms with E-state index in [1.165, 1.54) is 66.9 Å². The predicted molar refractivity (Wildman–Crippen MR) is 144 cm³/mol. The zero-order valence-corrected chi connectivity index (χ0v) is 21.0. The molecule has 4 bridgehead atoms. The standard InChI is InChI=1S/C33H34O3/c1-22-13-23(8-12-32(34)35)7-10-29(22)28-9-11-31(36-21-24-5-3-2-4-6-24)30(17-28)33-18-25-14-26(19-33)16-27(15-25)20-33/h2-13,17,25-27H,14-16,18-21H2,1H3,(H,34,35)/b12-8+. The number of carboxylic acids is 1. The fourth-order valence-electron chi connectivity index (χ4n) is 7.70. The Bertz CT molecular complexity index is 1270. The predicted octanol–water partition coefficient (Wildman–Crippen LogP) is 7.81. The molecule has 4 aliphatic carbocycles. The molecule has 0 amide bonds. The van der Waals surface area contributed by atoms with Gasteiger partial charge in [0.25, 0.3) is 0 Å². The second kappa shape index (κ2) is 9.28. The third-order valence-electron chi connectivity index (χ3n) is 8.81. The van der Waals surface area contributed by atoms with Crippen molar-refractivity contribution in [3.8, 4) is 16.9 Å². The fraction of sp³-hybridized carbons (Fsp3) is 0.364. The van der Waals surface area contributed by atoms with Crippen LogP contribution in [0.5, 0.6) is 5.75 Å². The Kier molecular flexibility index (Phi) is 5.95. The lowest BCUT2D eigenvalue weighted by molar-refractivity contribution is -0.131. The van der Waals surface area contributed by atoms with Gasteiger partial charge in [-0.15, -0.1) is 0 Å². The third kappa shape index (κ3) is 4.48. The van der Waals surface area contributed by atoms with Crippen molar-refractivity contribution in [2.75, 3.05) is 0 Å². The van der Waals surface area contributed by atoms with Crippen molar-refractivity contribution in [1.82, 2.24) is 0 Å². The summed E-state index contributed by atoms with van der Waals surface area (Å²) in [5, 5.41) is 8.97. The molecule has 0 unspecified atom stereocenters. The van der Waals surface area contributed by atoms with Crippen LogP contribution in [0.1, 0.15) is 60.8 Å². The summed E-state index contributed by atoms with van der Waals surface area (Å²) in [4.78, 5) is 10.9.